The van der Waals surface area contributed by atoms with Crippen molar-refractivity contribution < 1.29 is 5.11 Å². The van der Waals surface area contributed by atoms with Crippen molar-refractivity contribution in [3.8, 4) is 0 Å². The maximum atomic E-state index is 10.5. The van der Waals surface area contributed by atoms with Gasteiger partial charge in [0.15, 0.2) is 0 Å². The first-order valence-electron chi connectivity index (χ1n) is 5.64. The Balaban J connectivity index is 2.43. The number of aliphatic hydroxyl groups is 1. The highest BCUT2D eigenvalue weighted by molar-refractivity contribution is 9.10. The highest BCUT2D eigenvalue weighted by atomic mass is 79.9. The van der Waals surface area contributed by atoms with Crippen molar-refractivity contribution in [2.45, 2.75) is 32.9 Å². The molecule has 0 amide bonds. The number of halogens is 1. The van der Waals surface area contributed by atoms with E-state index in [-0.39, 0.29) is 0 Å². The zero-order valence-electron chi connectivity index (χ0n) is 9.85. The number of aliphatic hydroxyl groups excluding tert-OH is 1. The predicted octanol–water partition coefficient (Wildman–Crippen LogP) is 3.37. The molecular weight excluding hydrogens is 300 g/mol. The van der Waals surface area contributed by atoms with Crippen molar-refractivity contribution >= 4 is 27.3 Å². The number of rotatable bonds is 4. The second-order valence-electron chi connectivity index (χ2n) is 3.76. The first kappa shape index (κ1) is 12.8. The van der Waals surface area contributed by atoms with Crippen molar-refractivity contribution in [1.82, 2.24) is 9.78 Å². The molecule has 0 bridgehead atoms. The minimum Gasteiger partial charge on any atom is -0.381 e. The zero-order chi connectivity index (χ0) is 12.4. The van der Waals surface area contributed by atoms with Gasteiger partial charge in [0.2, 0.25) is 0 Å². The molecule has 2 aromatic rings. The Hall–Kier alpha value is -0.650. The van der Waals surface area contributed by atoms with Gasteiger partial charge in [-0.2, -0.15) is 5.10 Å². The summed E-state index contributed by atoms with van der Waals surface area (Å²) in [5.41, 5.74) is 2.04. The molecule has 0 aliphatic carbocycles. The van der Waals surface area contributed by atoms with Crippen LogP contribution in [0.3, 0.4) is 0 Å². The van der Waals surface area contributed by atoms with Gasteiger partial charge in [-0.1, -0.05) is 6.92 Å². The zero-order valence-corrected chi connectivity index (χ0v) is 12.3. The minimum atomic E-state index is -0.596. The van der Waals surface area contributed by atoms with Crippen LogP contribution in [-0.2, 0) is 13.0 Å². The van der Waals surface area contributed by atoms with E-state index in [0.29, 0.717) is 0 Å². The minimum absolute atomic E-state index is 0.596. The molecule has 0 spiro atoms. The smallest absolute Gasteiger partial charge is 0.131 e. The van der Waals surface area contributed by atoms with E-state index in [2.05, 4.69) is 34.0 Å². The van der Waals surface area contributed by atoms with Crippen LogP contribution < -0.4 is 0 Å². The number of aromatic nitrogens is 2. The van der Waals surface area contributed by atoms with Crippen LogP contribution in [0.2, 0.25) is 0 Å². The first-order valence-corrected chi connectivity index (χ1v) is 7.31. The van der Waals surface area contributed by atoms with Gasteiger partial charge >= 0.3 is 0 Å². The lowest BCUT2D eigenvalue weighted by molar-refractivity contribution is 0.210. The summed E-state index contributed by atoms with van der Waals surface area (Å²) >= 11 is 5.05. The second-order valence-corrected chi connectivity index (χ2v) is 5.56. The van der Waals surface area contributed by atoms with Crippen LogP contribution in [0.15, 0.2) is 22.1 Å². The van der Waals surface area contributed by atoms with Gasteiger partial charge in [-0.3, -0.25) is 4.68 Å². The van der Waals surface area contributed by atoms with Gasteiger partial charge in [-0.05, 0) is 46.3 Å². The quantitative estimate of drug-likeness (QED) is 0.939. The Bertz CT molecular complexity index is 506. The fourth-order valence-corrected chi connectivity index (χ4v) is 3.40. The molecule has 17 heavy (non-hydrogen) atoms. The van der Waals surface area contributed by atoms with Gasteiger partial charge < -0.3 is 5.11 Å². The Kier molecular flexibility index (Phi) is 4.01. The van der Waals surface area contributed by atoms with Gasteiger partial charge in [-0.25, -0.2) is 0 Å². The number of hydrogen-bond donors (Lipinski definition) is 1. The molecule has 2 aromatic heterocycles. The van der Waals surface area contributed by atoms with Crippen LogP contribution in [0.5, 0.6) is 0 Å². The lowest BCUT2D eigenvalue weighted by Crippen LogP contribution is -2.09. The molecule has 0 aliphatic heterocycles. The van der Waals surface area contributed by atoms with Crippen molar-refractivity contribution in [2.75, 3.05) is 0 Å². The average molecular weight is 315 g/mol. The van der Waals surface area contributed by atoms with Crippen LogP contribution in [-0.4, -0.2) is 14.9 Å². The monoisotopic (exact) mass is 314 g/mol. The SMILES string of the molecule is CCc1ccsc1C(O)c1c(Br)cnn1CC. The standard InChI is InChI=1S/C12H15BrN2OS/c1-3-8-5-6-17-12(8)11(16)10-9(13)7-14-15(10)4-2/h5-7,11,16H,3-4H2,1-2H3. The molecular formula is C12H15BrN2OS. The molecule has 0 aliphatic rings. The summed E-state index contributed by atoms with van der Waals surface area (Å²) in [6.45, 7) is 4.88. The first-order chi connectivity index (χ1) is 8.19. The molecule has 2 rings (SSSR count). The van der Waals surface area contributed by atoms with Crippen molar-refractivity contribution in [3.05, 3.63) is 38.3 Å². The summed E-state index contributed by atoms with van der Waals surface area (Å²) in [5, 5.41) is 16.8. The Morgan fingerprint density at radius 2 is 2.29 bits per heavy atom. The summed E-state index contributed by atoms with van der Waals surface area (Å²) in [4.78, 5) is 1.02. The molecule has 0 fully saturated rings. The predicted molar refractivity (Wildman–Crippen MR) is 73.4 cm³/mol. The maximum Gasteiger partial charge on any atom is 0.131 e. The maximum absolute atomic E-state index is 10.5. The van der Waals surface area contributed by atoms with Crippen LogP contribution in [0, 0.1) is 0 Å². The van der Waals surface area contributed by atoms with E-state index in [1.54, 1.807) is 17.5 Å². The number of thiophene rings is 1. The molecule has 92 valence electrons. The lowest BCUT2D eigenvalue weighted by Gasteiger charge is -2.13. The summed E-state index contributed by atoms with van der Waals surface area (Å²) in [6.07, 6.45) is 2.08. The van der Waals surface area contributed by atoms with Gasteiger partial charge in [0.1, 0.15) is 6.10 Å². The van der Waals surface area contributed by atoms with E-state index in [1.807, 2.05) is 17.0 Å². The molecule has 0 aromatic carbocycles. The van der Waals surface area contributed by atoms with Gasteiger partial charge in [0.05, 0.1) is 16.4 Å². The fourth-order valence-electron chi connectivity index (χ4n) is 1.90. The summed E-state index contributed by atoms with van der Waals surface area (Å²) in [5.74, 6) is 0. The molecule has 0 radical (unpaired) electrons. The molecule has 0 saturated heterocycles. The van der Waals surface area contributed by atoms with E-state index in [9.17, 15) is 5.11 Å². The van der Waals surface area contributed by atoms with Crippen molar-refractivity contribution in [3.63, 3.8) is 0 Å². The third-order valence-electron chi connectivity index (χ3n) is 2.80. The summed E-state index contributed by atoms with van der Waals surface area (Å²) in [7, 11) is 0. The highest BCUT2D eigenvalue weighted by Gasteiger charge is 2.22. The summed E-state index contributed by atoms with van der Waals surface area (Å²) < 4.78 is 2.69. The second kappa shape index (κ2) is 5.33. The Morgan fingerprint density at radius 1 is 1.53 bits per heavy atom. The van der Waals surface area contributed by atoms with Gasteiger partial charge in [0.25, 0.3) is 0 Å². The Morgan fingerprint density at radius 3 is 2.94 bits per heavy atom. The van der Waals surface area contributed by atoms with Crippen LogP contribution in [0.1, 0.15) is 36.1 Å². The molecule has 1 atom stereocenters. The number of hydrogen-bond acceptors (Lipinski definition) is 3. The topological polar surface area (TPSA) is 38.1 Å². The molecule has 0 saturated carbocycles. The normalized spacial score (nSPS) is 12.9. The fraction of sp³-hybridized carbons (Fsp3) is 0.417. The van der Waals surface area contributed by atoms with Crippen LogP contribution >= 0.6 is 27.3 Å². The average Bonchev–Trinajstić information content (AvgIpc) is 2.93. The van der Waals surface area contributed by atoms with Crippen molar-refractivity contribution in [1.29, 1.82) is 0 Å². The third-order valence-corrected chi connectivity index (χ3v) is 4.42. The number of aryl methyl sites for hydroxylation is 2. The highest BCUT2D eigenvalue weighted by Crippen LogP contribution is 2.33. The van der Waals surface area contributed by atoms with Crippen molar-refractivity contribution in [2.24, 2.45) is 0 Å². The van der Waals surface area contributed by atoms with E-state index in [1.165, 1.54) is 5.56 Å². The molecule has 1 N–H and O–H groups in total. The van der Waals surface area contributed by atoms with E-state index in [0.717, 1.165) is 28.0 Å². The molecule has 1 unspecified atom stereocenters. The largest absolute Gasteiger partial charge is 0.381 e. The van der Waals surface area contributed by atoms with Gasteiger partial charge in [-0.15, -0.1) is 11.3 Å². The van der Waals surface area contributed by atoms with E-state index < -0.39 is 6.10 Å². The number of nitrogens with zero attached hydrogens (tertiary/aromatic N) is 2. The summed E-state index contributed by atoms with van der Waals surface area (Å²) in [6, 6.07) is 2.07. The third kappa shape index (κ3) is 2.32. The van der Waals surface area contributed by atoms with Crippen LogP contribution in [0.25, 0.3) is 0 Å². The molecule has 5 heteroatoms. The van der Waals surface area contributed by atoms with E-state index >= 15 is 0 Å². The van der Waals surface area contributed by atoms with E-state index in [4.69, 9.17) is 0 Å². The van der Waals surface area contributed by atoms with Gasteiger partial charge in [0, 0.05) is 11.4 Å². The van der Waals surface area contributed by atoms with Crippen LogP contribution in [0.4, 0.5) is 0 Å². The Labute approximate surface area is 113 Å². The lowest BCUT2D eigenvalue weighted by atomic mass is 10.1. The molecule has 3 nitrogen and oxygen atoms in total. The molecule has 2 heterocycles.